The Balaban J connectivity index is 3.62. The zero-order valence-corrected chi connectivity index (χ0v) is 27.5. The van der Waals surface area contributed by atoms with Crippen LogP contribution in [0.25, 0.3) is 0 Å². The SMILES string of the molecule is CCCCCC=CCC=CCCCCCCCC(=O)OC[C@H](CO)OC(=O)CCCCCCCC=CCCCCCC. The van der Waals surface area contributed by atoms with Crippen LogP contribution >= 0.6 is 0 Å². The van der Waals surface area contributed by atoms with Crippen LogP contribution in [0.2, 0.25) is 0 Å². The molecule has 0 aliphatic rings. The largest absolute Gasteiger partial charge is 0.462 e. The van der Waals surface area contributed by atoms with E-state index in [1.807, 2.05) is 0 Å². The van der Waals surface area contributed by atoms with Crippen LogP contribution in [0.15, 0.2) is 36.5 Å². The maximum absolute atomic E-state index is 12.1. The number of carbonyl (C=O) groups is 2. The van der Waals surface area contributed by atoms with E-state index < -0.39 is 6.10 Å². The first-order valence-electron chi connectivity index (χ1n) is 17.5. The molecule has 0 saturated heterocycles. The average molecular weight is 591 g/mol. The first kappa shape index (κ1) is 40.1. The summed E-state index contributed by atoms with van der Waals surface area (Å²) < 4.78 is 10.5. The normalized spacial score (nSPS) is 12.5. The van der Waals surface area contributed by atoms with E-state index in [0.717, 1.165) is 57.8 Å². The second-order valence-electron chi connectivity index (χ2n) is 11.6. The second-order valence-corrected chi connectivity index (χ2v) is 11.6. The third-order valence-electron chi connectivity index (χ3n) is 7.41. The van der Waals surface area contributed by atoms with Crippen molar-refractivity contribution >= 4 is 11.9 Å². The van der Waals surface area contributed by atoms with Crippen LogP contribution in [0, 0.1) is 0 Å². The lowest BCUT2D eigenvalue weighted by atomic mass is 10.1. The molecule has 0 radical (unpaired) electrons. The summed E-state index contributed by atoms with van der Waals surface area (Å²) in [5.74, 6) is -0.619. The first-order valence-corrected chi connectivity index (χ1v) is 17.5. The van der Waals surface area contributed by atoms with Gasteiger partial charge in [-0.25, -0.2) is 0 Å². The molecule has 0 aliphatic carbocycles. The maximum Gasteiger partial charge on any atom is 0.306 e. The van der Waals surface area contributed by atoms with Crippen molar-refractivity contribution in [2.24, 2.45) is 0 Å². The molecule has 0 bridgehead atoms. The highest BCUT2D eigenvalue weighted by Crippen LogP contribution is 2.11. The first-order chi connectivity index (χ1) is 20.6. The van der Waals surface area contributed by atoms with E-state index in [9.17, 15) is 14.7 Å². The maximum atomic E-state index is 12.1. The Morgan fingerprint density at radius 3 is 1.48 bits per heavy atom. The molecule has 0 fully saturated rings. The van der Waals surface area contributed by atoms with Crippen molar-refractivity contribution in [2.45, 2.75) is 174 Å². The molecule has 1 atom stereocenters. The molecule has 244 valence electrons. The smallest absolute Gasteiger partial charge is 0.306 e. The molecule has 0 saturated carbocycles. The minimum Gasteiger partial charge on any atom is -0.462 e. The van der Waals surface area contributed by atoms with Crippen molar-refractivity contribution in [3.05, 3.63) is 36.5 Å². The molecule has 0 rings (SSSR count). The third kappa shape index (κ3) is 31.1. The van der Waals surface area contributed by atoms with Crippen molar-refractivity contribution in [1.29, 1.82) is 0 Å². The molecule has 0 unspecified atom stereocenters. The zero-order valence-electron chi connectivity index (χ0n) is 27.5. The molecule has 5 nitrogen and oxygen atoms in total. The summed E-state index contributed by atoms with van der Waals surface area (Å²) in [6.07, 6.45) is 39.0. The van der Waals surface area contributed by atoms with E-state index in [0.29, 0.717) is 12.8 Å². The minimum absolute atomic E-state index is 0.0759. The van der Waals surface area contributed by atoms with Crippen LogP contribution in [-0.4, -0.2) is 36.4 Å². The van der Waals surface area contributed by atoms with Gasteiger partial charge in [-0.15, -0.1) is 0 Å². The van der Waals surface area contributed by atoms with Crippen LogP contribution < -0.4 is 0 Å². The van der Waals surface area contributed by atoms with E-state index in [4.69, 9.17) is 9.47 Å². The molecular weight excluding hydrogens is 524 g/mol. The fraction of sp³-hybridized carbons (Fsp3) is 0.784. The molecule has 0 aromatic heterocycles. The summed E-state index contributed by atoms with van der Waals surface area (Å²) in [4.78, 5) is 24.1. The Kier molecular flexibility index (Phi) is 32.1. The third-order valence-corrected chi connectivity index (χ3v) is 7.41. The molecule has 0 aliphatic heterocycles. The lowest BCUT2D eigenvalue weighted by Gasteiger charge is -2.15. The zero-order chi connectivity index (χ0) is 30.8. The van der Waals surface area contributed by atoms with Crippen molar-refractivity contribution in [3.63, 3.8) is 0 Å². The van der Waals surface area contributed by atoms with Crippen LogP contribution in [-0.2, 0) is 19.1 Å². The number of hydrogen-bond donors (Lipinski definition) is 1. The van der Waals surface area contributed by atoms with Gasteiger partial charge in [0, 0.05) is 12.8 Å². The van der Waals surface area contributed by atoms with Crippen LogP contribution in [0.4, 0.5) is 0 Å². The molecule has 42 heavy (non-hydrogen) atoms. The topological polar surface area (TPSA) is 72.8 Å². The molecule has 0 amide bonds. The number of aliphatic hydroxyl groups is 1. The average Bonchev–Trinajstić information content (AvgIpc) is 2.99. The lowest BCUT2D eigenvalue weighted by Crippen LogP contribution is -2.28. The Labute approximate surface area is 259 Å². The summed E-state index contributed by atoms with van der Waals surface area (Å²) >= 11 is 0. The molecule has 0 heterocycles. The van der Waals surface area contributed by atoms with E-state index in [-0.39, 0.29) is 25.2 Å². The van der Waals surface area contributed by atoms with E-state index >= 15 is 0 Å². The predicted molar refractivity (Wildman–Crippen MR) is 178 cm³/mol. The lowest BCUT2D eigenvalue weighted by molar-refractivity contribution is -0.161. The van der Waals surface area contributed by atoms with Gasteiger partial charge < -0.3 is 14.6 Å². The molecule has 0 spiro atoms. The number of carbonyl (C=O) groups excluding carboxylic acids is 2. The van der Waals surface area contributed by atoms with Crippen molar-refractivity contribution in [2.75, 3.05) is 13.2 Å². The highest BCUT2D eigenvalue weighted by Gasteiger charge is 2.16. The Bertz CT molecular complexity index is 682. The molecular formula is C37H66O5. The minimum atomic E-state index is -0.778. The van der Waals surface area contributed by atoms with E-state index in [1.165, 1.54) is 83.5 Å². The molecule has 5 heteroatoms. The number of hydrogen-bond acceptors (Lipinski definition) is 5. The van der Waals surface area contributed by atoms with Gasteiger partial charge >= 0.3 is 11.9 Å². The summed E-state index contributed by atoms with van der Waals surface area (Å²) in [6, 6.07) is 0. The number of aliphatic hydroxyl groups excluding tert-OH is 1. The van der Waals surface area contributed by atoms with Gasteiger partial charge in [-0.05, 0) is 70.6 Å². The second kappa shape index (κ2) is 33.6. The highest BCUT2D eigenvalue weighted by atomic mass is 16.6. The van der Waals surface area contributed by atoms with Crippen LogP contribution in [0.3, 0.4) is 0 Å². The van der Waals surface area contributed by atoms with E-state index in [2.05, 4.69) is 50.3 Å². The van der Waals surface area contributed by atoms with Crippen molar-refractivity contribution in [1.82, 2.24) is 0 Å². The van der Waals surface area contributed by atoms with E-state index in [1.54, 1.807) is 0 Å². The predicted octanol–water partition coefficient (Wildman–Crippen LogP) is 10.5. The number of esters is 2. The monoisotopic (exact) mass is 590 g/mol. The Morgan fingerprint density at radius 2 is 0.952 bits per heavy atom. The summed E-state index contributed by atoms with van der Waals surface area (Å²) in [5.41, 5.74) is 0. The number of unbranched alkanes of at least 4 members (excludes halogenated alkanes) is 17. The fourth-order valence-electron chi connectivity index (χ4n) is 4.69. The van der Waals surface area contributed by atoms with Gasteiger partial charge in [0.25, 0.3) is 0 Å². The van der Waals surface area contributed by atoms with Crippen molar-refractivity contribution < 1.29 is 24.2 Å². The van der Waals surface area contributed by atoms with Gasteiger partial charge in [0.05, 0.1) is 6.61 Å². The molecule has 0 aromatic carbocycles. The van der Waals surface area contributed by atoms with Gasteiger partial charge in [-0.3, -0.25) is 9.59 Å². The fourth-order valence-corrected chi connectivity index (χ4v) is 4.69. The van der Waals surface area contributed by atoms with Gasteiger partial charge in [-0.2, -0.15) is 0 Å². The Hall–Kier alpha value is -1.88. The van der Waals surface area contributed by atoms with Crippen LogP contribution in [0.5, 0.6) is 0 Å². The summed E-state index contributed by atoms with van der Waals surface area (Å²) in [6.45, 7) is 4.06. The van der Waals surface area contributed by atoms with Gasteiger partial charge in [0.2, 0.25) is 0 Å². The van der Waals surface area contributed by atoms with Crippen LogP contribution in [0.1, 0.15) is 168 Å². The summed E-state index contributed by atoms with van der Waals surface area (Å²) in [7, 11) is 0. The standard InChI is InChI=1S/C37H66O5/c1-3-5-7-9-11-13-15-17-18-20-21-23-25-27-29-31-36(39)41-34-35(33-38)42-37(40)32-30-28-26-24-22-19-16-14-12-10-8-6-4-2/h11,13-14,16-18,35,38H,3-10,12,15,19-34H2,1-2H3/t35-/m0/s1. The van der Waals surface area contributed by atoms with Gasteiger partial charge in [0.15, 0.2) is 6.10 Å². The number of rotatable bonds is 31. The molecule has 0 aromatic rings. The quantitative estimate of drug-likeness (QED) is 0.0494. The number of ether oxygens (including phenoxy) is 2. The summed E-state index contributed by atoms with van der Waals surface area (Å²) in [5, 5.41) is 9.51. The Morgan fingerprint density at radius 1 is 0.548 bits per heavy atom. The van der Waals surface area contributed by atoms with Gasteiger partial charge in [0.1, 0.15) is 6.61 Å². The van der Waals surface area contributed by atoms with Crippen molar-refractivity contribution in [3.8, 4) is 0 Å². The number of allylic oxidation sites excluding steroid dienone is 6. The highest BCUT2D eigenvalue weighted by molar-refractivity contribution is 5.70. The van der Waals surface area contributed by atoms with Gasteiger partial charge in [-0.1, -0.05) is 121 Å². The molecule has 1 N–H and O–H groups in total.